The van der Waals surface area contributed by atoms with Gasteiger partial charge in [-0.3, -0.25) is 4.79 Å². The Morgan fingerprint density at radius 1 is 1.03 bits per heavy atom. The van der Waals surface area contributed by atoms with E-state index in [1.54, 1.807) is 16.9 Å². The SMILES string of the molecule is CCC(NC(=O)c1ccn(Cn2nnc(-c3ccccc3)n2)n1)c1ccc(C)cc1. The topological polar surface area (TPSA) is 90.5 Å². The molecule has 1 atom stereocenters. The summed E-state index contributed by atoms with van der Waals surface area (Å²) in [5, 5.41) is 19.9. The predicted octanol–water partition coefficient (Wildman–Crippen LogP) is 3.23. The highest BCUT2D eigenvalue weighted by molar-refractivity contribution is 5.92. The van der Waals surface area contributed by atoms with Gasteiger partial charge in [0.25, 0.3) is 5.91 Å². The van der Waals surface area contributed by atoms with Crippen molar-refractivity contribution < 1.29 is 4.79 Å². The van der Waals surface area contributed by atoms with Gasteiger partial charge < -0.3 is 5.32 Å². The number of rotatable bonds is 7. The molecular formula is C22H23N7O. The summed E-state index contributed by atoms with van der Waals surface area (Å²) < 4.78 is 1.61. The molecule has 0 fully saturated rings. The van der Waals surface area contributed by atoms with Crippen molar-refractivity contribution in [1.82, 2.24) is 35.3 Å². The molecule has 1 N–H and O–H groups in total. The van der Waals surface area contributed by atoms with Gasteiger partial charge in [0.05, 0.1) is 6.04 Å². The lowest BCUT2D eigenvalue weighted by Crippen LogP contribution is -2.28. The van der Waals surface area contributed by atoms with Gasteiger partial charge in [-0.1, -0.05) is 67.1 Å². The second-order valence-electron chi connectivity index (χ2n) is 7.08. The predicted molar refractivity (Wildman–Crippen MR) is 113 cm³/mol. The van der Waals surface area contributed by atoms with E-state index in [1.165, 1.54) is 10.4 Å². The zero-order chi connectivity index (χ0) is 20.9. The van der Waals surface area contributed by atoms with Crippen molar-refractivity contribution in [2.45, 2.75) is 33.0 Å². The molecule has 0 saturated heterocycles. The number of nitrogens with zero attached hydrogens (tertiary/aromatic N) is 6. The molecule has 0 saturated carbocycles. The number of benzene rings is 2. The van der Waals surface area contributed by atoms with E-state index in [1.807, 2.05) is 68.4 Å². The van der Waals surface area contributed by atoms with Crippen LogP contribution in [0.2, 0.25) is 0 Å². The van der Waals surface area contributed by atoms with Crippen molar-refractivity contribution in [2.75, 3.05) is 0 Å². The van der Waals surface area contributed by atoms with Gasteiger partial charge in [0.15, 0.2) is 6.67 Å². The lowest BCUT2D eigenvalue weighted by molar-refractivity contribution is 0.0929. The van der Waals surface area contributed by atoms with Crippen LogP contribution in [0.1, 0.15) is 41.0 Å². The van der Waals surface area contributed by atoms with Gasteiger partial charge in [-0.25, -0.2) is 4.68 Å². The molecule has 0 spiro atoms. The fourth-order valence-electron chi connectivity index (χ4n) is 3.15. The Bertz CT molecular complexity index is 1120. The normalized spacial score (nSPS) is 11.9. The number of hydrogen-bond donors (Lipinski definition) is 1. The van der Waals surface area contributed by atoms with Gasteiger partial charge in [0.2, 0.25) is 5.82 Å². The molecule has 2 aromatic heterocycles. The summed E-state index contributed by atoms with van der Waals surface area (Å²) in [5.74, 6) is 0.335. The van der Waals surface area contributed by atoms with Gasteiger partial charge in [0.1, 0.15) is 5.69 Å². The first kappa shape index (κ1) is 19.5. The summed E-state index contributed by atoms with van der Waals surface area (Å²) >= 11 is 0. The molecule has 4 rings (SSSR count). The Balaban J connectivity index is 1.41. The molecule has 2 aromatic carbocycles. The van der Waals surface area contributed by atoms with Gasteiger partial charge in [-0.2, -0.15) is 5.10 Å². The van der Waals surface area contributed by atoms with Gasteiger partial charge in [0, 0.05) is 11.8 Å². The Morgan fingerprint density at radius 2 is 1.80 bits per heavy atom. The van der Waals surface area contributed by atoms with E-state index in [-0.39, 0.29) is 18.6 Å². The second-order valence-corrected chi connectivity index (χ2v) is 7.08. The maximum absolute atomic E-state index is 12.7. The van der Waals surface area contributed by atoms with Crippen molar-refractivity contribution >= 4 is 5.91 Å². The van der Waals surface area contributed by atoms with Gasteiger partial charge in [-0.05, 0) is 30.2 Å². The van der Waals surface area contributed by atoms with Crippen LogP contribution in [0.5, 0.6) is 0 Å². The molecule has 8 heteroatoms. The van der Waals surface area contributed by atoms with Crippen molar-refractivity contribution in [3.8, 4) is 11.4 Å². The van der Waals surface area contributed by atoms with E-state index in [2.05, 4.69) is 25.8 Å². The van der Waals surface area contributed by atoms with Crippen LogP contribution >= 0.6 is 0 Å². The van der Waals surface area contributed by atoms with Crippen LogP contribution in [0, 0.1) is 6.92 Å². The lowest BCUT2D eigenvalue weighted by atomic mass is 10.0. The quantitative estimate of drug-likeness (QED) is 0.513. The summed E-state index contributed by atoms with van der Waals surface area (Å²) in [7, 11) is 0. The largest absolute Gasteiger partial charge is 0.344 e. The van der Waals surface area contributed by atoms with Crippen LogP contribution < -0.4 is 5.32 Å². The minimum absolute atomic E-state index is 0.0614. The van der Waals surface area contributed by atoms with E-state index in [0.29, 0.717) is 11.5 Å². The molecule has 0 aliphatic carbocycles. The van der Waals surface area contributed by atoms with Crippen molar-refractivity contribution in [2.24, 2.45) is 0 Å². The standard InChI is InChI=1S/C22H23N7O/c1-3-19(17-11-9-16(2)10-12-17)23-22(30)20-13-14-28(25-20)15-29-26-21(24-27-29)18-7-5-4-6-8-18/h4-14,19H,3,15H2,1-2H3,(H,23,30). The molecule has 1 unspecified atom stereocenters. The first-order chi connectivity index (χ1) is 14.6. The second kappa shape index (κ2) is 8.69. The molecule has 0 aliphatic heterocycles. The van der Waals surface area contributed by atoms with Gasteiger partial charge in [-0.15, -0.1) is 15.0 Å². The average molecular weight is 401 g/mol. The molecule has 4 aromatic rings. The average Bonchev–Trinajstić information content (AvgIpc) is 3.43. The van der Waals surface area contributed by atoms with E-state index in [9.17, 15) is 4.79 Å². The molecule has 152 valence electrons. The molecule has 2 heterocycles. The smallest absolute Gasteiger partial charge is 0.272 e. The van der Waals surface area contributed by atoms with E-state index in [4.69, 9.17) is 0 Å². The minimum atomic E-state index is -0.210. The number of carbonyl (C=O) groups excluding carboxylic acids is 1. The third-order valence-corrected chi connectivity index (χ3v) is 4.82. The fourth-order valence-corrected chi connectivity index (χ4v) is 3.15. The van der Waals surface area contributed by atoms with Crippen LogP contribution in [0.25, 0.3) is 11.4 Å². The number of carbonyl (C=O) groups is 1. The maximum Gasteiger partial charge on any atom is 0.272 e. The highest BCUT2D eigenvalue weighted by Gasteiger charge is 2.16. The summed E-state index contributed by atoms with van der Waals surface area (Å²) in [6, 6.07) is 19.5. The van der Waals surface area contributed by atoms with Gasteiger partial charge >= 0.3 is 0 Å². The number of aromatic nitrogens is 6. The highest BCUT2D eigenvalue weighted by atomic mass is 16.2. The maximum atomic E-state index is 12.7. The Kier molecular flexibility index (Phi) is 5.65. The highest BCUT2D eigenvalue weighted by Crippen LogP contribution is 2.18. The first-order valence-corrected chi connectivity index (χ1v) is 9.86. The van der Waals surface area contributed by atoms with Crippen LogP contribution in [0.15, 0.2) is 66.9 Å². The Morgan fingerprint density at radius 3 is 2.53 bits per heavy atom. The van der Waals surface area contributed by atoms with Crippen molar-refractivity contribution in [3.63, 3.8) is 0 Å². The third-order valence-electron chi connectivity index (χ3n) is 4.82. The molecule has 0 aliphatic rings. The first-order valence-electron chi connectivity index (χ1n) is 9.86. The molecule has 1 amide bonds. The zero-order valence-electron chi connectivity index (χ0n) is 16.9. The molecule has 0 bridgehead atoms. The summed E-state index contributed by atoms with van der Waals surface area (Å²) in [6.45, 7) is 4.36. The number of amides is 1. The van der Waals surface area contributed by atoms with E-state index in [0.717, 1.165) is 17.5 Å². The van der Waals surface area contributed by atoms with Crippen LogP contribution in [0.4, 0.5) is 0 Å². The van der Waals surface area contributed by atoms with Crippen LogP contribution in [0.3, 0.4) is 0 Å². The number of hydrogen-bond acceptors (Lipinski definition) is 5. The van der Waals surface area contributed by atoms with E-state index < -0.39 is 0 Å². The van der Waals surface area contributed by atoms with Crippen LogP contribution in [-0.4, -0.2) is 35.9 Å². The summed E-state index contributed by atoms with van der Waals surface area (Å²) in [6.07, 6.45) is 2.52. The summed E-state index contributed by atoms with van der Waals surface area (Å²) in [4.78, 5) is 14.1. The van der Waals surface area contributed by atoms with E-state index >= 15 is 0 Å². The monoisotopic (exact) mass is 401 g/mol. The fraction of sp³-hybridized carbons (Fsp3) is 0.227. The van der Waals surface area contributed by atoms with Crippen LogP contribution in [-0.2, 0) is 6.67 Å². The third kappa shape index (κ3) is 4.43. The number of nitrogens with one attached hydrogen (secondary N) is 1. The molecule has 0 radical (unpaired) electrons. The molecule has 30 heavy (non-hydrogen) atoms. The number of tetrazole rings is 1. The Hall–Kier alpha value is -3.81. The molecular weight excluding hydrogens is 378 g/mol. The van der Waals surface area contributed by atoms with Crippen molar-refractivity contribution in [1.29, 1.82) is 0 Å². The summed E-state index contributed by atoms with van der Waals surface area (Å²) in [5.41, 5.74) is 3.52. The number of aryl methyl sites for hydroxylation is 1. The molecule has 8 nitrogen and oxygen atoms in total. The lowest BCUT2D eigenvalue weighted by Gasteiger charge is -2.17. The minimum Gasteiger partial charge on any atom is -0.344 e. The Labute approximate surface area is 174 Å². The van der Waals surface area contributed by atoms with Crippen molar-refractivity contribution in [3.05, 3.63) is 83.7 Å². The zero-order valence-corrected chi connectivity index (χ0v) is 16.9.